The molecule has 0 atom stereocenters. The Bertz CT molecular complexity index is 1040. The van der Waals surface area contributed by atoms with Gasteiger partial charge in [0.25, 0.3) is 5.91 Å². The Kier molecular flexibility index (Phi) is 5.44. The topological polar surface area (TPSA) is 107 Å². The van der Waals surface area contributed by atoms with E-state index in [0.717, 1.165) is 5.56 Å². The molecule has 3 rings (SSSR count). The molecule has 2 aromatic carbocycles. The third-order valence-corrected chi connectivity index (χ3v) is 4.54. The molecule has 28 heavy (non-hydrogen) atoms. The van der Waals surface area contributed by atoms with E-state index in [1.165, 1.54) is 12.1 Å². The normalized spacial score (nSPS) is 10.6. The SMILES string of the molecule is Cc1c(C(=O)N=C(N)N)cc(-c2ccccc2O)n1CCc1ccc(F)cc1. The molecule has 144 valence electrons. The maximum absolute atomic E-state index is 13.1. The molecule has 3 aromatic rings. The van der Waals surface area contributed by atoms with Gasteiger partial charge in [-0.15, -0.1) is 0 Å². The third kappa shape index (κ3) is 4.03. The van der Waals surface area contributed by atoms with Crippen LogP contribution in [0.2, 0.25) is 0 Å². The van der Waals surface area contributed by atoms with Gasteiger partial charge in [0, 0.05) is 17.8 Å². The van der Waals surface area contributed by atoms with Crippen molar-refractivity contribution in [3.05, 3.63) is 77.2 Å². The summed E-state index contributed by atoms with van der Waals surface area (Å²) in [6.45, 7) is 2.32. The molecule has 1 aromatic heterocycles. The van der Waals surface area contributed by atoms with Crippen molar-refractivity contribution in [2.75, 3.05) is 0 Å². The highest BCUT2D eigenvalue weighted by molar-refractivity contribution is 6.03. The molecular formula is C21H21FN4O2. The summed E-state index contributed by atoms with van der Waals surface area (Å²) < 4.78 is 15.1. The molecule has 1 heterocycles. The number of carbonyl (C=O) groups is 1. The number of hydrogen-bond acceptors (Lipinski definition) is 2. The monoisotopic (exact) mass is 380 g/mol. The highest BCUT2D eigenvalue weighted by Crippen LogP contribution is 2.32. The number of aryl methyl sites for hydroxylation is 1. The minimum absolute atomic E-state index is 0.101. The number of aliphatic imine (C=N–C) groups is 1. The Morgan fingerprint density at radius 3 is 2.46 bits per heavy atom. The number of phenolic OH excluding ortho intramolecular Hbond substituents is 1. The number of nitrogens with two attached hydrogens (primary N) is 2. The predicted octanol–water partition coefficient (Wildman–Crippen LogP) is 2.96. The van der Waals surface area contributed by atoms with Crippen molar-refractivity contribution in [2.24, 2.45) is 16.5 Å². The number of para-hydroxylation sites is 1. The lowest BCUT2D eigenvalue weighted by Gasteiger charge is -2.13. The van der Waals surface area contributed by atoms with Crippen molar-refractivity contribution in [3.8, 4) is 17.0 Å². The summed E-state index contributed by atoms with van der Waals surface area (Å²) in [5, 5.41) is 10.3. The van der Waals surface area contributed by atoms with E-state index in [4.69, 9.17) is 11.5 Å². The molecule has 1 amide bonds. The lowest BCUT2D eigenvalue weighted by atomic mass is 10.1. The molecule has 0 saturated heterocycles. The molecule has 0 saturated carbocycles. The van der Waals surface area contributed by atoms with Crippen LogP contribution in [0, 0.1) is 12.7 Å². The van der Waals surface area contributed by atoms with Crippen LogP contribution in [0.15, 0.2) is 59.6 Å². The number of guanidine groups is 1. The molecule has 0 fully saturated rings. The van der Waals surface area contributed by atoms with E-state index in [1.807, 2.05) is 4.57 Å². The highest BCUT2D eigenvalue weighted by atomic mass is 19.1. The fourth-order valence-corrected chi connectivity index (χ4v) is 3.13. The van der Waals surface area contributed by atoms with Gasteiger partial charge in [-0.25, -0.2) is 4.39 Å². The number of rotatable bonds is 5. The Morgan fingerprint density at radius 1 is 1.14 bits per heavy atom. The van der Waals surface area contributed by atoms with E-state index >= 15 is 0 Å². The van der Waals surface area contributed by atoms with E-state index in [2.05, 4.69) is 4.99 Å². The summed E-state index contributed by atoms with van der Waals surface area (Å²) in [6, 6.07) is 14.8. The molecule has 5 N–H and O–H groups in total. The van der Waals surface area contributed by atoms with Gasteiger partial charge in [-0.2, -0.15) is 4.99 Å². The van der Waals surface area contributed by atoms with Gasteiger partial charge < -0.3 is 21.1 Å². The van der Waals surface area contributed by atoms with E-state index in [0.29, 0.717) is 35.5 Å². The van der Waals surface area contributed by atoms with Gasteiger partial charge in [0.15, 0.2) is 5.96 Å². The number of nitrogens with zero attached hydrogens (tertiary/aromatic N) is 2. The van der Waals surface area contributed by atoms with Crippen LogP contribution in [0.25, 0.3) is 11.3 Å². The van der Waals surface area contributed by atoms with E-state index in [1.54, 1.807) is 49.4 Å². The van der Waals surface area contributed by atoms with Crippen molar-refractivity contribution in [1.29, 1.82) is 0 Å². The van der Waals surface area contributed by atoms with Crippen LogP contribution in [0.3, 0.4) is 0 Å². The number of amides is 1. The number of halogens is 1. The number of carbonyl (C=O) groups excluding carboxylic acids is 1. The fraction of sp³-hybridized carbons (Fsp3) is 0.143. The van der Waals surface area contributed by atoms with Crippen LogP contribution in [0.4, 0.5) is 4.39 Å². The Labute approximate surface area is 161 Å². The van der Waals surface area contributed by atoms with Crippen LogP contribution in [0.1, 0.15) is 21.6 Å². The minimum atomic E-state index is -0.547. The Morgan fingerprint density at radius 2 is 1.82 bits per heavy atom. The second kappa shape index (κ2) is 7.96. The van der Waals surface area contributed by atoms with Gasteiger partial charge in [-0.1, -0.05) is 24.3 Å². The van der Waals surface area contributed by atoms with Crippen molar-refractivity contribution in [1.82, 2.24) is 4.57 Å². The van der Waals surface area contributed by atoms with E-state index in [-0.39, 0.29) is 17.5 Å². The lowest BCUT2D eigenvalue weighted by molar-refractivity contribution is 0.100. The molecular weight excluding hydrogens is 359 g/mol. The molecule has 0 aliphatic rings. The van der Waals surface area contributed by atoms with Crippen molar-refractivity contribution < 1.29 is 14.3 Å². The summed E-state index contributed by atoms with van der Waals surface area (Å²) in [7, 11) is 0. The van der Waals surface area contributed by atoms with Gasteiger partial charge in [-0.3, -0.25) is 4.79 Å². The Hall–Kier alpha value is -3.61. The highest BCUT2D eigenvalue weighted by Gasteiger charge is 2.20. The summed E-state index contributed by atoms with van der Waals surface area (Å²) >= 11 is 0. The first kappa shape index (κ1) is 19.2. The predicted molar refractivity (Wildman–Crippen MR) is 107 cm³/mol. The summed E-state index contributed by atoms with van der Waals surface area (Å²) in [5.74, 6) is -1.05. The zero-order valence-corrected chi connectivity index (χ0v) is 15.4. The minimum Gasteiger partial charge on any atom is -0.507 e. The molecule has 0 spiro atoms. The summed E-state index contributed by atoms with van der Waals surface area (Å²) in [6.07, 6.45) is 0.617. The quantitative estimate of drug-likeness (QED) is 0.467. The maximum Gasteiger partial charge on any atom is 0.282 e. The standard InChI is InChI=1S/C21H21FN4O2/c1-13-17(20(28)25-21(23)24)12-18(16-4-2-3-5-19(16)27)26(13)11-10-14-6-8-15(22)9-7-14/h2-9,12,27H,10-11H2,1H3,(H4,23,24,25,28). The van der Waals surface area contributed by atoms with E-state index in [9.17, 15) is 14.3 Å². The number of benzene rings is 2. The molecule has 6 nitrogen and oxygen atoms in total. The van der Waals surface area contributed by atoms with Crippen molar-refractivity contribution >= 4 is 11.9 Å². The summed E-state index contributed by atoms with van der Waals surface area (Å²) in [4.78, 5) is 16.0. The first-order valence-corrected chi connectivity index (χ1v) is 8.73. The molecule has 0 unspecified atom stereocenters. The smallest absolute Gasteiger partial charge is 0.282 e. The van der Waals surface area contributed by atoms with Gasteiger partial charge in [0.1, 0.15) is 11.6 Å². The number of hydrogen-bond donors (Lipinski definition) is 3. The molecule has 7 heteroatoms. The van der Waals surface area contributed by atoms with Crippen LogP contribution in [-0.2, 0) is 13.0 Å². The number of aromatic nitrogens is 1. The number of phenols is 1. The number of aromatic hydroxyl groups is 1. The zero-order valence-electron chi connectivity index (χ0n) is 15.4. The average Bonchev–Trinajstić information content (AvgIpc) is 2.97. The van der Waals surface area contributed by atoms with Gasteiger partial charge in [0.2, 0.25) is 0 Å². The van der Waals surface area contributed by atoms with Crippen molar-refractivity contribution in [3.63, 3.8) is 0 Å². The van der Waals surface area contributed by atoms with Crippen LogP contribution >= 0.6 is 0 Å². The second-order valence-electron chi connectivity index (χ2n) is 6.42. The molecule has 0 aliphatic heterocycles. The van der Waals surface area contributed by atoms with Crippen LogP contribution < -0.4 is 11.5 Å². The zero-order chi connectivity index (χ0) is 20.3. The molecule has 0 aliphatic carbocycles. The average molecular weight is 380 g/mol. The fourth-order valence-electron chi connectivity index (χ4n) is 3.13. The first-order valence-electron chi connectivity index (χ1n) is 8.73. The van der Waals surface area contributed by atoms with Crippen molar-refractivity contribution in [2.45, 2.75) is 19.9 Å². The first-order chi connectivity index (χ1) is 13.4. The van der Waals surface area contributed by atoms with E-state index < -0.39 is 5.91 Å². The third-order valence-electron chi connectivity index (χ3n) is 4.54. The largest absolute Gasteiger partial charge is 0.507 e. The molecule has 0 bridgehead atoms. The van der Waals surface area contributed by atoms with Gasteiger partial charge in [-0.05, 0) is 49.2 Å². The van der Waals surface area contributed by atoms with Gasteiger partial charge in [0.05, 0.1) is 11.3 Å². The maximum atomic E-state index is 13.1. The lowest BCUT2D eigenvalue weighted by Crippen LogP contribution is -2.24. The Balaban J connectivity index is 2.04. The second-order valence-corrected chi connectivity index (χ2v) is 6.42. The van der Waals surface area contributed by atoms with Gasteiger partial charge >= 0.3 is 0 Å². The molecule has 0 radical (unpaired) electrons. The van der Waals surface area contributed by atoms with Crippen LogP contribution in [0.5, 0.6) is 5.75 Å². The van der Waals surface area contributed by atoms with Crippen LogP contribution in [-0.4, -0.2) is 21.5 Å². The summed E-state index contributed by atoms with van der Waals surface area (Å²) in [5.41, 5.74) is 13.9.